The number of nitrogens with two attached hydrogens (primary N) is 1. The van der Waals surface area contributed by atoms with E-state index in [0.717, 1.165) is 30.1 Å². The quantitative estimate of drug-likeness (QED) is 0.489. The minimum atomic E-state index is -0.211. The van der Waals surface area contributed by atoms with Gasteiger partial charge in [0, 0.05) is 10.6 Å². The zero-order valence-corrected chi connectivity index (χ0v) is 10.9. The molecule has 3 N–H and O–H groups in total. The normalized spacial score (nSPS) is 16.9. The Bertz CT molecular complexity index is 425. The SMILES string of the molecule is NNC(CSc1cccc(F)c1)C1=COCCC1. The molecule has 1 atom stereocenters. The summed E-state index contributed by atoms with van der Waals surface area (Å²) in [4.78, 5) is 0.910. The molecule has 1 aromatic carbocycles. The molecule has 0 radical (unpaired) electrons. The highest BCUT2D eigenvalue weighted by Crippen LogP contribution is 2.23. The van der Waals surface area contributed by atoms with Crippen LogP contribution < -0.4 is 11.3 Å². The van der Waals surface area contributed by atoms with Gasteiger partial charge in [-0.1, -0.05) is 6.07 Å². The first kappa shape index (κ1) is 13.4. The molecule has 18 heavy (non-hydrogen) atoms. The summed E-state index contributed by atoms with van der Waals surface area (Å²) >= 11 is 1.58. The van der Waals surface area contributed by atoms with Crippen molar-refractivity contribution in [2.45, 2.75) is 23.8 Å². The van der Waals surface area contributed by atoms with Gasteiger partial charge in [0.2, 0.25) is 0 Å². The molecule has 3 nitrogen and oxygen atoms in total. The minimum absolute atomic E-state index is 0.0681. The Hall–Kier alpha value is -1.04. The van der Waals surface area contributed by atoms with E-state index in [1.54, 1.807) is 24.1 Å². The first-order chi connectivity index (χ1) is 8.79. The Morgan fingerprint density at radius 3 is 3.06 bits per heavy atom. The van der Waals surface area contributed by atoms with Crippen molar-refractivity contribution < 1.29 is 9.13 Å². The molecule has 0 saturated carbocycles. The second-order valence-corrected chi connectivity index (χ2v) is 5.25. The van der Waals surface area contributed by atoms with Gasteiger partial charge in [0.05, 0.1) is 18.9 Å². The summed E-state index contributed by atoms with van der Waals surface area (Å²) in [7, 11) is 0. The van der Waals surface area contributed by atoms with E-state index in [4.69, 9.17) is 10.6 Å². The number of halogens is 1. The molecule has 0 bridgehead atoms. The number of ether oxygens (including phenoxy) is 1. The van der Waals surface area contributed by atoms with Crippen LogP contribution in [0.1, 0.15) is 12.8 Å². The van der Waals surface area contributed by atoms with Crippen LogP contribution in [0.25, 0.3) is 0 Å². The predicted octanol–water partition coefficient (Wildman–Crippen LogP) is 2.44. The summed E-state index contributed by atoms with van der Waals surface area (Å²) in [6, 6.07) is 6.65. The molecular weight excluding hydrogens is 251 g/mol. The topological polar surface area (TPSA) is 47.3 Å². The average molecular weight is 268 g/mol. The van der Waals surface area contributed by atoms with Crippen LogP contribution >= 0.6 is 11.8 Å². The lowest BCUT2D eigenvalue weighted by Crippen LogP contribution is -2.39. The summed E-state index contributed by atoms with van der Waals surface area (Å²) in [6.07, 6.45) is 3.81. The third-order valence-electron chi connectivity index (χ3n) is 2.82. The van der Waals surface area contributed by atoms with E-state index in [9.17, 15) is 4.39 Å². The van der Waals surface area contributed by atoms with Gasteiger partial charge >= 0.3 is 0 Å². The maximum absolute atomic E-state index is 13.0. The molecule has 1 aromatic rings. The third-order valence-corrected chi connectivity index (χ3v) is 3.91. The third kappa shape index (κ3) is 3.73. The first-order valence-corrected chi connectivity index (χ1v) is 6.93. The maximum atomic E-state index is 13.0. The van der Waals surface area contributed by atoms with Gasteiger partial charge in [-0.05, 0) is 36.6 Å². The molecule has 2 rings (SSSR count). The summed E-state index contributed by atoms with van der Waals surface area (Å²) in [5.41, 5.74) is 3.97. The number of rotatable bonds is 5. The molecule has 0 fully saturated rings. The smallest absolute Gasteiger partial charge is 0.124 e. The highest BCUT2D eigenvalue weighted by molar-refractivity contribution is 7.99. The molecule has 0 saturated heterocycles. The van der Waals surface area contributed by atoms with E-state index in [0.29, 0.717) is 0 Å². The minimum Gasteiger partial charge on any atom is -0.501 e. The van der Waals surface area contributed by atoms with Gasteiger partial charge in [0.15, 0.2) is 0 Å². The van der Waals surface area contributed by atoms with Gasteiger partial charge in [-0.25, -0.2) is 4.39 Å². The van der Waals surface area contributed by atoms with Crippen LogP contribution in [0.4, 0.5) is 4.39 Å². The van der Waals surface area contributed by atoms with Crippen molar-refractivity contribution >= 4 is 11.8 Å². The number of thioether (sulfide) groups is 1. The van der Waals surface area contributed by atoms with Gasteiger partial charge < -0.3 is 4.74 Å². The second kappa shape index (κ2) is 6.78. The maximum Gasteiger partial charge on any atom is 0.124 e. The largest absolute Gasteiger partial charge is 0.501 e. The lowest BCUT2D eigenvalue weighted by molar-refractivity contribution is 0.220. The average Bonchev–Trinajstić information content (AvgIpc) is 2.41. The molecule has 1 aliphatic rings. The summed E-state index contributed by atoms with van der Waals surface area (Å²) in [5, 5.41) is 0. The van der Waals surface area contributed by atoms with E-state index in [-0.39, 0.29) is 11.9 Å². The number of hydrogen-bond acceptors (Lipinski definition) is 4. The Kier molecular flexibility index (Phi) is 5.04. The molecule has 5 heteroatoms. The van der Waals surface area contributed by atoms with Crippen molar-refractivity contribution in [3.8, 4) is 0 Å². The van der Waals surface area contributed by atoms with Gasteiger partial charge in [-0.15, -0.1) is 11.8 Å². The zero-order chi connectivity index (χ0) is 12.8. The van der Waals surface area contributed by atoms with Crippen LogP contribution in [0.3, 0.4) is 0 Å². The van der Waals surface area contributed by atoms with E-state index in [1.807, 2.05) is 6.07 Å². The van der Waals surface area contributed by atoms with E-state index in [1.165, 1.54) is 17.7 Å². The summed E-state index contributed by atoms with van der Waals surface area (Å²) < 4.78 is 18.4. The second-order valence-electron chi connectivity index (χ2n) is 4.15. The predicted molar refractivity (Wildman–Crippen MR) is 71.5 cm³/mol. The Morgan fingerprint density at radius 2 is 2.39 bits per heavy atom. The van der Waals surface area contributed by atoms with Gasteiger partial charge in [-0.3, -0.25) is 11.3 Å². The molecule has 1 heterocycles. The lowest BCUT2D eigenvalue weighted by atomic mass is 10.0. The molecule has 0 aliphatic carbocycles. The van der Waals surface area contributed by atoms with Crippen LogP contribution in [0.5, 0.6) is 0 Å². The molecular formula is C13H17FN2OS. The number of benzene rings is 1. The molecule has 0 amide bonds. The molecule has 1 unspecified atom stereocenters. The fraction of sp³-hybridized carbons (Fsp3) is 0.385. The van der Waals surface area contributed by atoms with Crippen molar-refractivity contribution in [2.75, 3.05) is 12.4 Å². The van der Waals surface area contributed by atoms with Gasteiger partial charge in [0.1, 0.15) is 5.82 Å². The van der Waals surface area contributed by atoms with Crippen molar-refractivity contribution in [3.63, 3.8) is 0 Å². The highest BCUT2D eigenvalue weighted by Gasteiger charge is 2.16. The lowest BCUT2D eigenvalue weighted by Gasteiger charge is -2.22. The van der Waals surface area contributed by atoms with E-state index in [2.05, 4.69) is 5.43 Å². The Balaban J connectivity index is 1.92. The van der Waals surface area contributed by atoms with Crippen molar-refractivity contribution in [1.82, 2.24) is 5.43 Å². The number of nitrogens with one attached hydrogen (secondary N) is 1. The van der Waals surface area contributed by atoms with Gasteiger partial charge in [0.25, 0.3) is 0 Å². The fourth-order valence-electron chi connectivity index (χ4n) is 1.84. The summed E-state index contributed by atoms with van der Waals surface area (Å²) in [5.74, 6) is 6.11. The first-order valence-electron chi connectivity index (χ1n) is 5.94. The van der Waals surface area contributed by atoms with Crippen molar-refractivity contribution in [3.05, 3.63) is 41.9 Å². The van der Waals surface area contributed by atoms with Crippen molar-refractivity contribution in [1.29, 1.82) is 0 Å². The number of hydrazine groups is 1. The molecule has 98 valence electrons. The van der Waals surface area contributed by atoms with E-state index >= 15 is 0 Å². The Labute approximate surface area is 111 Å². The number of hydrogen-bond donors (Lipinski definition) is 2. The van der Waals surface area contributed by atoms with Crippen LogP contribution in [-0.4, -0.2) is 18.4 Å². The van der Waals surface area contributed by atoms with Crippen LogP contribution in [0.2, 0.25) is 0 Å². The monoisotopic (exact) mass is 268 g/mol. The van der Waals surface area contributed by atoms with Crippen LogP contribution in [0.15, 0.2) is 41.0 Å². The standard InChI is InChI=1S/C13H17FN2OS/c14-11-4-1-5-12(7-11)18-9-13(16-15)10-3-2-6-17-8-10/h1,4-5,7-8,13,16H,2-3,6,9,15H2. The molecule has 0 spiro atoms. The molecule has 1 aliphatic heterocycles. The highest BCUT2D eigenvalue weighted by atomic mass is 32.2. The summed E-state index contributed by atoms with van der Waals surface area (Å²) in [6.45, 7) is 0.776. The Morgan fingerprint density at radius 1 is 1.50 bits per heavy atom. The van der Waals surface area contributed by atoms with Crippen LogP contribution in [0, 0.1) is 5.82 Å². The van der Waals surface area contributed by atoms with Gasteiger partial charge in [-0.2, -0.15) is 0 Å². The van der Waals surface area contributed by atoms with Crippen molar-refractivity contribution in [2.24, 2.45) is 5.84 Å². The van der Waals surface area contributed by atoms with E-state index < -0.39 is 0 Å². The molecule has 0 aromatic heterocycles. The van der Waals surface area contributed by atoms with Crippen LogP contribution in [-0.2, 0) is 4.74 Å². The fourth-order valence-corrected chi connectivity index (χ4v) is 2.88. The zero-order valence-electron chi connectivity index (χ0n) is 10.1.